The van der Waals surface area contributed by atoms with E-state index in [-0.39, 0.29) is 0 Å². The molecule has 1 aromatic heterocycles. The van der Waals surface area contributed by atoms with Crippen LogP contribution in [0.2, 0.25) is 0 Å². The number of aliphatic imine (C=N–C) groups is 1. The summed E-state index contributed by atoms with van der Waals surface area (Å²) in [6.45, 7) is 0. The summed E-state index contributed by atoms with van der Waals surface area (Å²) in [5.74, 6) is 0. The molecule has 2 aromatic rings. The maximum atomic E-state index is 11.9. The zero-order chi connectivity index (χ0) is 13.3. The van der Waals surface area contributed by atoms with Gasteiger partial charge in [-0.3, -0.25) is 0 Å². The highest BCUT2D eigenvalue weighted by molar-refractivity contribution is 5.53. The first kappa shape index (κ1) is 11.8. The first-order valence-corrected chi connectivity index (χ1v) is 5.09. The number of isocyanates is 1. The van der Waals surface area contributed by atoms with Crippen molar-refractivity contribution in [1.29, 1.82) is 0 Å². The van der Waals surface area contributed by atoms with E-state index < -0.39 is 11.4 Å². The second-order valence-electron chi connectivity index (χ2n) is 3.67. The molecule has 0 spiro atoms. The molecule has 0 amide bonds. The lowest BCUT2D eigenvalue weighted by molar-refractivity contribution is 0.565. The van der Waals surface area contributed by atoms with Gasteiger partial charge in [-0.15, -0.1) is 0 Å². The van der Waals surface area contributed by atoms with Gasteiger partial charge in [0.2, 0.25) is 6.08 Å². The molecular formula is C11H10N4O3. The van der Waals surface area contributed by atoms with E-state index in [4.69, 9.17) is 0 Å². The molecule has 18 heavy (non-hydrogen) atoms. The molecule has 1 aromatic carbocycles. The first-order valence-electron chi connectivity index (χ1n) is 5.09. The number of hydrogen-bond acceptors (Lipinski definition) is 4. The fraction of sp³-hybridized carbons (Fsp3) is 0.182. The van der Waals surface area contributed by atoms with E-state index in [0.717, 1.165) is 4.57 Å². The second kappa shape index (κ2) is 4.31. The van der Waals surface area contributed by atoms with Crippen LogP contribution >= 0.6 is 0 Å². The van der Waals surface area contributed by atoms with Crippen molar-refractivity contribution in [1.82, 2.24) is 13.9 Å². The van der Waals surface area contributed by atoms with Crippen LogP contribution in [0.1, 0.15) is 0 Å². The highest BCUT2D eigenvalue weighted by Crippen LogP contribution is 2.14. The maximum Gasteiger partial charge on any atom is 0.351 e. The van der Waals surface area contributed by atoms with Gasteiger partial charge in [0.1, 0.15) is 0 Å². The van der Waals surface area contributed by atoms with Crippen molar-refractivity contribution in [2.45, 2.75) is 0 Å². The molecule has 0 atom stereocenters. The Morgan fingerprint density at radius 1 is 1.11 bits per heavy atom. The van der Waals surface area contributed by atoms with Gasteiger partial charge in [-0.25, -0.2) is 28.3 Å². The van der Waals surface area contributed by atoms with Gasteiger partial charge < -0.3 is 0 Å². The van der Waals surface area contributed by atoms with Gasteiger partial charge in [-0.2, -0.15) is 4.99 Å². The van der Waals surface area contributed by atoms with E-state index in [1.807, 2.05) is 0 Å². The Balaban J connectivity index is 2.74. The van der Waals surface area contributed by atoms with Crippen LogP contribution in [0.15, 0.2) is 38.8 Å². The van der Waals surface area contributed by atoms with Crippen LogP contribution in [0.4, 0.5) is 5.69 Å². The number of benzene rings is 1. The number of nitrogens with zero attached hydrogens (tertiary/aromatic N) is 4. The van der Waals surface area contributed by atoms with Gasteiger partial charge in [0.15, 0.2) is 0 Å². The third kappa shape index (κ3) is 1.72. The Morgan fingerprint density at radius 2 is 1.72 bits per heavy atom. The summed E-state index contributed by atoms with van der Waals surface area (Å²) in [7, 11) is 2.99. The average Bonchev–Trinajstić information content (AvgIpc) is 2.55. The summed E-state index contributed by atoms with van der Waals surface area (Å²) in [5, 5.41) is 0. The summed E-state index contributed by atoms with van der Waals surface area (Å²) in [5.41, 5.74) is -0.234. The minimum Gasteiger partial charge on any atom is -0.246 e. The summed E-state index contributed by atoms with van der Waals surface area (Å²) >= 11 is 0. The molecular weight excluding hydrogens is 236 g/mol. The fourth-order valence-electron chi connectivity index (χ4n) is 1.60. The largest absolute Gasteiger partial charge is 0.351 e. The zero-order valence-corrected chi connectivity index (χ0v) is 9.82. The normalized spacial score (nSPS) is 10.1. The van der Waals surface area contributed by atoms with E-state index in [1.54, 1.807) is 18.2 Å². The third-order valence-electron chi connectivity index (χ3n) is 2.65. The van der Waals surface area contributed by atoms with E-state index in [1.165, 1.54) is 35.6 Å². The van der Waals surface area contributed by atoms with E-state index in [2.05, 4.69) is 4.99 Å². The molecule has 0 fully saturated rings. The lowest BCUT2D eigenvalue weighted by Crippen LogP contribution is -2.26. The lowest BCUT2D eigenvalue weighted by Gasteiger charge is -1.99. The Hall–Kier alpha value is -2.66. The van der Waals surface area contributed by atoms with Crippen molar-refractivity contribution in [2.75, 3.05) is 0 Å². The predicted molar refractivity (Wildman–Crippen MR) is 64.0 cm³/mol. The Labute approximate surface area is 101 Å². The molecule has 92 valence electrons. The van der Waals surface area contributed by atoms with Gasteiger partial charge in [0.25, 0.3) is 0 Å². The predicted octanol–water partition coefficient (Wildman–Crippen LogP) is -0.158. The molecule has 0 radical (unpaired) electrons. The number of carbonyl (C=O) groups excluding carboxylic acids is 1. The van der Waals surface area contributed by atoms with Crippen molar-refractivity contribution >= 4 is 11.8 Å². The van der Waals surface area contributed by atoms with Crippen LogP contribution in [-0.2, 0) is 18.9 Å². The van der Waals surface area contributed by atoms with E-state index in [9.17, 15) is 14.4 Å². The van der Waals surface area contributed by atoms with Crippen LogP contribution in [0.3, 0.4) is 0 Å². The smallest absolute Gasteiger partial charge is 0.246 e. The summed E-state index contributed by atoms with van der Waals surface area (Å²) in [4.78, 5) is 37.4. The van der Waals surface area contributed by atoms with Gasteiger partial charge in [0.05, 0.1) is 11.4 Å². The van der Waals surface area contributed by atoms with Gasteiger partial charge >= 0.3 is 11.4 Å². The highest BCUT2D eigenvalue weighted by Gasteiger charge is 2.12. The van der Waals surface area contributed by atoms with Crippen molar-refractivity contribution in [2.24, 2.45) is 19.1 Å². The topological polar surface area (TPSA) is 78.4 Å². The molecule has 7 nitrogen and oxygen atoms in total. The Bertz CT molecular complexity index is 726. The van der Waals surface area contributed by atoms with Crippen molar-refractivity contribution in [3.8, 4) is 5.69 Å². The molecule has 0 saturated heterocycles. The van der Waals surface area contributed by atoms with Gasteiger partial charge in [-0.1, -0.05) is 6.07 Å². The maximum absolute atomic E-state index is 11.9. The zero-order valence-electron chi connectivity index (χ0n) is 9.82. The molecule has 0 unspecified atom stereocenters. The lowest BCUT2D eigenvalue weighted by atomic mass is 10.3. The van der Waals surface area contributed by atoms with Crippen LogP contribution in [-0.4, -0.2) is 20.0 Å². The number of aromatic nitrogens is 3. The monoisotopic (exact) mass is 246 g/mol. The third-order valence-corrected chi connectivity index (χ3v) is 2.65. The van der Waals surface area contributed by atoms with E-state index >= 15 is 0 Å². The van der Waals surface area contributed by atoms with E-state index in [0.29, 0.717) is 11.4 Å². The SMILES string of the molecule is Cn1c(=O)n(-c2cccc(N=C=O)c2)c(=O)n1C. The molecule has 0 saturated carbocycles. The summed E-state index contributed by atoms with van der Waals surface area (Å²) in [6, 6.07) is 6.23. The van der Waals surface area contributed by atoms with Crippen molar-refractivity contribution in [3.05, 3.63) is 45.2 Å². The summed E-state index contributed by atoms with van der Waals surface area (Å²) in [6.07, 6.45) is 1.41. The number of hydrogen-bond donors (Lipinski definition) is 0. The Kier molecular flexibility index (Phi) is 2.83. The molecule has 0 bridgehead atoms. The molecule has 0 aliphatic rings. The molecule has 0 N–H and O–H groups in total. The molecule has 0 aliphatic carbocycles. The van der Waals surface area contributed by atoms with Crippen LogP contribution in [0, 0.1) is 0 Å². The standard InChI is InChI=1S/C11H10N4O3/c1-13-10(17)15(11(18)14(13)2)9-5-3-4-8(6-9)12-7-16/h3-6H,1-2H3. The van der Waals surface area contributed by atoms with Crippen LogP contribution in [0.5, 0.6) is 0 Å². The number of rotatable bonds is 2. The van der Waals surface area contributed by atoms with Gasteiger partial charge in [-0.05, 0) is 18.2 Å². The fourth-order valence-corrected chi connectivity index (χ4v) is 1.60. The average molecular weight is 246 g/mol. The Morgan fingerprint density at radius 3 is 2.28 bits per heavy atom. The minimum absolute atomic E-state index is 0.334. The minimum atomic E-state index is -0.463. The highest BCUT2D eigenvalue weighted by atomic mass is 16.2. The van der Waals surface area contributed by atoms with Gasteiger partial charge in [0, 0.05) is 14.1 Å². The quantitative estimate of drug-likeness (QED) is 0.545. The first-order chi connectivity index (χ1) is 8.56. The van der Waals surface area contributed by atoms with Crippen molar-refractivity contribution in [3.63, 3.8) is 0 Å². The second-order valence-corrected chi connectivity index (χ2v) is 3.67. The van der Waals surface area contributed by atoms with Crippen molar-refractivity contribution < 1.29 is 4.79 Å². The molecule has 2 rings (SSSR count). The molecule has 1 heterocycles. The van der Waals surface area contributed by atoms with Crippen LogP contribution < -0.4 is 11.4 Å². The summed E-state index contributed by atoms with van der Waals surface area (Å²) < 4.78 is 3.39. The van der Waals surface area contributed by atoms with Crippen LogP contribution in [0.25, 0.3) is 5.69 Å². The molecule has 0 aliphatic heterocycles. The molecule has 7 heteroatoms.